The average Bonchev–Trinajstić information content (AvgIpc) is 3.18. The molecule has 0 aliphatic rings. The van der Waals surface area contributed by atoms with Crippen LogP contribution in [-0.2, 0) is 4.79 Å². The van der Waals surface area contributed by atoms with E-state index in [9.17, 15) is 9.59 Å². The summed E-state index contributed by atoms with van der Waals surface area (Å²) in [4.78, 5) is 30.0. The molecule has 0 atom stereocenters. The van der Waals surface area contributed by atoms with Crippen LogP contribution < -0.4 is 10.9 Å². The van der Waals surface area contributed by atoms with E-state index in [0.717, 1.165) is 0 Å². The largest absolute Gasteiger partial charge is 0.325 e. The highest BCUT2D eigenvalue weighted by atomic mass is 35.5. The topological polar surface area (TPSA) is 64.0 Å². The van der Waals surface area contributed by atoms with E-state index in [1.54, 1.807) is 54.6 Å². The minimum Gasteiger partial charge on any atom is -0.325 e. The molecule has 1 amide bonds. The number of benzene rings is 2. The zero-order chi connectivity index (χ0) is 20.4. The van der Waals surface area contributed by atoms with Crippen LogP contribution in [0.4, 0.5) is 5.69 Å². The van der Waals surface area contributed by atoms with Crippen LogP contribution in [0.25, 0.3) is 15.9 Å². The van der Waals surface area contributed by atoms with E-state index in [-0.39, 0.29) is 17.2 Å². The van der Waals surface area contributed by atoms with Crippen LogP contribution in [-0.4, -0.2) is 21.2 Å². The summed E-state index contributed by atoms with van der Waals surface area (Å²) in [7, 11) is 0. The summed E-state index contributed by atoms with van der Waals surface area (Å²) < 4.78 is 2.07. The quantitative estimate of drug-likeness (QED) is 0.315. The lowest BCUT2D eigenvalue weighted by molar-refractivity contribution is -0.113. The summed E-state index contributed by atoms with van der Waals surface area (Å²) in [5.41, 5.74) is 1.73. The zero-order valence-corrected chi connectivity index (χ0v) is 17.9. The number of hydrogen-bond acceptors (Lipinski definition) is 5. The maximum atomic E-state index is 13.0. The van der Waals surface area contributed by atoms with Crippen molar-refractivity contribution in [2.45, 2.75) is 5.16 Å². The lowest BCUT2D eigenvalue weighted by Crippen LogP contribution is -2.22. The molecule has 29 heavy (non-hydrogen) atoms. The number of hydrogen-bond donors (Lipinski definition) is 1. The van der Waals surface area contributed by atoms with Gasteiger partial charge in [0.25, 0.3) is 5.56 Å². The molecule has 5 nitrogen and oxygen atoms in total. The van der Waals surface area contributed by atoms with Crippen molar-refractivity contribution in [3.63, 3.8) is 0 Å². The molecule has 0 aliphatic carbocycles. The van der Waals surface area contributed by atoms with Crippen molar-refractivity contribution < 1.29 is 4.79 Å². The van der Waals surface area contributed by atoms with Crippen molar-refractivity contribution in [2.75, 3.05) is 11.1 Å². The Labute approximate surface area is 184 Å². The van der Waals surface area contributed by atoms with Gasteiger partial charge in [0.05, 0.1) is 17.0 Å². The molecule has 2 heterocycles. The first-order valence-corrected chi connectivity index (χ1v) is 11.1. The van der Waals surface area contributed by atoms with Crippen LogP contribution in [0.1, 0.15) is 0 Å². The molecule has 4 aromatic rings. The monoisotopic (exact) mass is 461 g/mol. The number of thioether (sulfide) groups is 1. The second-order valence-corrected chi connectivity index (χ2v) is 8.72. The molecule has 0 fully saturated rings. The lowest BCUT2D eigenvalue weighted by atomic mass is 10.3. The van der Waals surface area contributed by atoms with Gasteiger partial charge in [-0.2, -0.15) is 0 Å². The number of carbonyl (C=O) groups is 1. The molecule has 0 radical (unpaired) electrons. The van der Waals surface area contributed by atoms with E-state index >= 15 is 0 Å². The van der Waals surface area contributed by atoms with Crippen LogP contribution in [0.2, 0.25) is 10.0 Å². The van der Waals surface area contributed by atoms with Crippen molar-refractivity contribution in [3.05, 3.63) is 80.4 Å². The number of amides is 1. The minimum absolute atomic E-state index is 0.0955. The Kier molecular flexibility index (Phi) is 5.91. The third-order valence-corrected chi connectivity index (χ3v) is 6.33. The zero-order valence-electron chi connectivity index (χ0n) is 14.8. The Morgan fingerprint density at radius 2 is 1.69 bits per heavy atom. The van der Waals surface area contributed by atoms with E-state index in [1.165, 1.54) is 27.7 Å². The third-order valence-electron chi connectivity index (χ3n) is 3.99. The van der Waals surface area contributed by atoms with E-state index in [1.807, 2.05) is 5.38 Å². The first kappa shape index (κ1) is 20.0. The summed E-state index contributed by atoms with van der Waals surface area (Å²) in [5, 5.41) is 6.24. The molecule has 0 saturated carbocycles. The fraction of sp³-hybridized carbons (Fsp3) is 0.0500. The van der Waals surface area contributed by atoms with Crippen LogP contribution in [0, 0.1) is 0 Å². The van der Waals surface area contributed by atoms with E-state index in [0.29, 0.717) is 36.8 Å². The SMILES string of the molecule is O=C(CSc1nc2ccsc2c(=O)n1-c1ccc(Cl)cc1)Nc1ccc(Cl)cc1. The second-order valence-electron chi connectivity index (χ2n) is 5.99. The fourth-order valence-electron chi connectivity index (χ4n) is 2.67. The molecule has 2 aromatic heterocycles. The summed E-state index contributed by atoms with van der Waals surface area (Å²) in [6, 6.07) is 15.6. The van der Waals surface area contributed by atoms with Gasteiger partial charge in [-0.3, -0.25) is 14.2 Å². The molecule has 0 saturated heterocycles. The number of thiophene rings is 1. The molecular weight excluding hydrogens is 449 g/mol. The minimum atomic E-state index is -0.209. The van der Waals surface area contributed by atoms with Gasteiger partial charge in [-0.25, -0.2) is 4.98 Å². The van der Waals surface area contributed by atoms with Gasteiger partial charge in [0.2, 0.25) is 5.91 Å². The lowest BCUT2D eigenvalue weighted by Gasteiger charge is -2.12. The van der Waals surface area contributed by atoms with Gasteiger partial charge in [0, 0.05) is 15.7 Å². The first-order chi connectivity index (χ1) is 14.0. The first-order valence-electron chi connectivity index (χ1n) is 8.46. The van der Waals surface area contributed by atoms with Crippen molar-refractivity contribution in [1.29, 1.82) is 0 Å². The summed E-state index contributed by atoms with van der Waals surface area (Å²) in [5.74, 6) is -0.113. The van der Waals surface area contributed by atoms with Crippen molar-refractivity contribution in [2.24, 2.45) is 0 Å². The molecule has 2 aromatic carbocycles. The molecule has 146 valence electrons. The molecule has 0 unspecified atom stereocenters. The molecule has 0 spiro atoms. The van der Waals surface area contributed by atoms with Gasteiger partial charge in [-0.05, 0) is 60.0 Å². The van der Waals surface area contributed by atoms with E-state index < -0.39 is 0 Å². The Balaban J connectivity index is 1.63. The molecule has 4 rings (SSSR count). The number of nitrogens with zero attached hydrogens (tertiary/aromatic N) is 2. The van der Waals surface area contributed by atoms with Gasteiger partial charge in [0.15, 0.2) is 5.16 Å². The summed E-state index contributed by atoms with van der Waals surface area (Å²) in [6.07, 6.45) is 0. The van der Waals surface area contributed by atoms with Crippen molar-refractivity contribution in [3.8, 4) is 5.69 Å². The molecule has 0 aliphatic heterocycles. The maximum absolute atomic E-state index is 13.0. The Morgan fingerprint density at radius 3 is 2.38 bits per heavy atom. The number of halogens is 2. The summed E-state index contributed by atoms with van der Waals surface area (Å²) in [6.45, 7) is 0. The number of nitrogens with one attached hydrogen (secondary N) is 1. The fourth-order valence-corrected chi connectivity index (χ4v) is 4.49. The number of rotatable bonds is 5. The summed E-state index contributed by atoms with van der Waals surface area (Å²) >= 11 is 14.4. The van der Waals surface area contributed by atoms with Gasteiger partial charge in [-0.15, -0.1) is 11.3 Å². The van der Waals surface area contributed by atoms with Gasteiger partial charge < -0.3 is 5.32 Å². The predicted octanol–water partition coefficient (Wildman–Crippen LogP) is 5.48. The van der Waals surface area contributed by atoms with Gasteiger partial charge in [-0.1, -0.05) is 35.0 Å². The van der Waals surface area contributed by atoms with E-state index in [4.69, 9.17) is 23.2 Å². The number of carbonyl (C=O) groups excluding carboxylic acids is 1. The number of anilines is 1. The third kappa shape index (κ3) is 4.48. The molecule has 9 heteroatoms. The Hall–Kier alpha value is -2.32. The second kappa shape index (κ2) is 8.59. The normalized spacial score (nSPS) is 11.0. The van der Waals surface area contributed by atoms with Crippen LogP contribution >= 0.6 is 46.3 Å². The molecule has 0 bridgehead atoms. The van der Waals surface area contributed by atoms with Gasteiger partial charge in [0.1, 0.15) is 4.70 Å². The highest BCUT2D eigenvalue weighted by Gasteiger charge is 2.16. The molecule has 1 N–H and O–H groups in total. The Morgan fingerprint density at radius 1 is 1.03 bits per heavy atom. The average molecular weight is 462 g/mol. The standard InChI is InChI=1S/C20H13Cl2N3O2S2/c21-12-1-5-14(6-2-12)23-17(26)11-29-20-24-16-9-10-28-18(16)19(27)25(20)15-7-3-13(22)4-8-15/h1-10H,11H2,(H,23,26). The van der Waals surface area contributed by atoms with Crippen molar-refractivity contribution >= 4 is 68.1 Å². The predicted molar refractivity (Wildman–Crippen MR) is 121 cm³/mol. The highest BCUT2D eigenvalue weighted by Crippen LogP contribution is 2.24. The number of fused-ring (bicyclic) bond motifs is 1. The van der Waals surface area contributed by atoms with Gasteiger partial charge >= 0.3 is 0 Å². The molecular formula is C20H13Cl2N3O2S2. The van der Waals surface area contributed by atoms with Crippen molar-refractivity contribution in [1.82, 2.24) is 9.55 Å². The van der Waals surface area contributed by atoms with Crippen LogP contribution in [0.5, 0.6) is 0 Å². The highest BCUT2D eigenvalue weighted by molar-refractivity contribution is 7.99. The van der Waals surface area contributed by atoms with Crippen LogP contribution in [0.15, 0.2) is 69.9 Å². The van der Waals surface area contributed by atoms with E-state index in [2.05, 4.69) is 10.3 Å². The Bertz CT molecular complexity index is 1240. The number of aromatic nitrogens is 2. The maximum Gasteiger partial charge on any atom is 0.276 e. The smallest absolute Gasteiger partial charge is 0.276 e. The van der Waals surface area contributed by atoms with Crippen LogP contribution in [0.3, 0.4) is 0 Å².